The number of anilines is 1. The third kappa shape index (κ3) is 4.11. The highest BCUT2D eigenvalue weighted by Gasteiger charge is 2.39. The van der Waals surface area contributed by atoms with Gasteiger partial charge < -0.3 is 14.5 Å². The van der Waals surface area contributed by atoms with Gasteiger partial charge in [0.1, 0.15) is 17.8 Å². The first-order valence-corrected chi connectivity index (χ1v) is 9.52. The molecule has 0 aromatic carbocycles. The summed E-state index contributed by atoms with van der Waals surface area (Å²) in [6, 6.07) is 1.68. The Morgan fingerprint density at radius 3 is 2.42 bits per heavy atom. The molecule has 3 fully saturated rings. The van der Waals surface area contributed by atoms with Crippen LogP contribution in [0.5, 0.6) is 0 Å². The van der Waals surface area contributed by atoms with Crippen molar-refractivity contribution < 1.29 is 17.9 Å². The van der Waals surface area contributed by atoms with Gasteiger partial charge in [0, 0.05) is 44.4 Å². The minimum atomic E-state index is -4.43. The quantitative estimate of drug-likeness (QED) is 0.797. The van der Waals surface area contributed by atoms with E-state index >= 15 is 0 Å². The van der Waals surface area contributed by atoms with Gasteiger partial charge in [-0.2, -0.15) is 13.2 Å². The van der Waals surface area contributed by atoms with Crippen molar-refractivity contribution in [1.29, 1.82) is 0 Å². The van der Waals surface area contributed by atoms with Gasteiger partial charge >= 0.3 is 6.18 Å². The van der Waals surface area contributed by atoms with Crippen LogP contribution in [0.2, 0.25) is 0 Å². The number of alkyl halides is 3. The Hall–Kier alpha value is -1.41. The number of ether oxygens (including phenoxy) is 1. The van der Waals surface area contributed by atoms with Gasteiger partial charge in [-0.3, -0.25) is 0 Å². The van der Waals surface area contributed by atoms with E-state index in [1.165, 1.54) is 0 Å². The Bertz CT molecular complexity index is 609. The fourth-order valence-corrected chi connectivity index (χ4v) is 4.12. The lowest BCUT2D eigenvalue weighted by Crippen LogP contribution is -2.48. The van der Waals surface area contributed by atoms with Gasteiger partial charge in [0.2, 0.25) is 0 Å². The maximum absolute atomic E-state index is 13.0. The number of aromatic nitrogens is 2. The van der Waals surface area contributed by atoms with Crippen molar-refractivity contribution in [3.05, 3.63) is 18.1 Å². The summed E-state index contributed by atoms with van der Waals surface area (Å²) in [4.78, 5) is 12.1. The lowest BCUT2D eigenvalue weighted by atomic mass is 10.0. The van der Waals surface area contributed by atoms with E-state index in [2.05, 4.69) is 19.8 Å². The topological polar surface area (TPSA) is 41.5 Å². The molecular weight excluding hydrogens is 345 g/mol. The lowest BCUT2D eigenvalue weighted by molar-refractivity contribution is -0.141. The van der Waals surface area contributed by atoms with Crippen molar-refractivity contribution in [2.45, 2.75) is 62.9 Å². The van der Waals surface area contributed by atoms with Crippen LogP contribution in [0.1, 0.15) is 44.2 Å². The maximum Gasteiger partial charge on any atom is 0.433 e. The molecule has 0 bridgehead atoms. The van der Waals surface area contributed by atoms with E-state index in [0.717, 1.165) is 77.2 Å². The normalized spacial score (nSPS) is 25.6. The fourth-order valence-electron chi connectivity index (χ4n) is 4.12. The predicted molar refractivity (Wildman–Crippen MR) is 91.0 cm³/mol. The van der Waals surface area contributed by atoms with Gasteiger partial charge in [-0.25, -0.2) is 9.97 Å². The van der Waals surface area contributed by atoms with Crippen LogP contribution < -0.4 is 4.90 Å². The molecule has 8 heteroatoms. The minimum absolute atomic E-state index is 0.249. The van der Waals surface area contributed by atoms with Crippen LogP contribution in [0.3, 0.4) is 0 Å². The molecule has 1 saturated carbocycles. The largest absolute Gasteiger partial charge is 0.433 e. The van der Waals surface area contributed by atoms with E-state index in [0.29, 0.717) is 18.0 Å². The molecule has 2 saturated heterocycles. The van der Waals surface area contributed by atoms with Crippen LogP contribution in [0.15, 0.2) is 12.4 Å². The molecule has 2 aliphatic heterocycles. The molecule has 1 unspecified atom stereocenters. The van der Waals surface area contributed by atoms with Crippen molar-refractivity contribution in [2.24, 2.45) is 0 Å². The number of rotatable bonds is 5. The summed E-state index contributed by atoms with van der Waals surface area (Å²) in [6.07, 6.45) is 3.20. The second kappa shape index (κ2) is 7.31. The zero-order chi connectivity index (χ0) is 18.1. The van der Waals surface area contributed by atoms with Crippen molar-refractivity contribution in [2.75, 3.05) is 31.1 Å². The second-order valence-electron chi connectivity index (χ2n) is 7.56. The van der Waals surface area contributed by atoms with Crippen LogP contribution in [0.25, 0.3) is 0 Å². The molecule has 0 radical (unpaired) electrons. The van der Waals surface area contributed by atoms with Gasteiger partial charge in [0.15, 0.2) is 0 Å². The number of hydrogen-bond acceptors (Lipinski definition) is 5. The summed E-state index contributed by atoms with van der Waals surface area (Å²) in [5, 5.41) is 0. The first-order chi connectivity index (χ1) is 12.5. The molecule has 4 rings (SSSR count). The zero-order valence-electron chi connectivity index (χ0n) is 14.8. The van der Waals surface area contributed by atoms with E-state index < -0.39 is 11.9 Å². The third-order valence-corrected chi connectivity index (χ3v) is 5.58. The van der Waals surface area contributed by atoms with Crippen LogP contribution in [-0.4, -0.2) is 59.3 Å². The molecule has 1 aliphatic carbocycles. The van der Waals surface area contributed by atoms with Gasteiger partial charge in [0.05, 0.1) is 6.10 Å². The number of hydrogen-bond donors (Lipinski definition) is 0. The van der Waals surface area contributed by atoms with Gasteiger partial charge in [0.25, 0.3) is 0 Å². The highest BCUT2D eigenvalue weighted by Crippen LogP contribution is 2.37. The third-order valence-electron chi connectivity index (χ3n) is 5.58. The lowest BCUT2D eigenvalue weighted by Gasteiger charge is -2.40. The van der Waals surface area contributed by atoms with Gasteiger partial charge in [-0.05, 0) is 38.5 Å². The average Bonchev–Trinajstić information content (AvgIpc) is 3.32. The maximum atomic E-state index is 13.0. The van der Waals surface area contributed by atoms with E-state index in [1.807, 2.05) is 0 Å². The molecular formula is C18H25F3N4O. The minimum Gasteiger partial charge on any atom is -0.377 e. The predicted octanol–water partition coefficient (Wildman–Crippen LogP) is 3.11. The molecule has 144 valence electrons. The Morgan fingerprint density at radius 1 is 1.08 bits per heavy atom. The number of likely N-dealkylation sites (tertiary alicyclic amines) is 1. The molecule has 26 heavy (non-hydrogen) atoms. The number of piperidine rings is 1. The molecule has 1 aromatic rings. The molecule has 0 amide bonds. The smallest absolute Gasteiger partial charge is 0.377 e. The average molecular weight is 370 g/mol. The first kappa shape index (κ1) is 18.0. The molecule has 1 atom stereocenters. The van der Waals surface area contributed by atoms with Crippen LogP contribution in [-0.2, 0) is 10.9 Å². The Morgan fingerprint density at radius 2 is 1.81 bits per heavy atom. The molecule has 3 heterocycles. The van der Waals surface area contributed by atoms with Crippen LogP contribution >= 0.6 is 0 Å². The SMILES string of the molecule is FC(F)(F)c1cc(N(C2CC2)C2CCN(CC3CCCO3)CC2)ncn1. The van der Waals surface area contributed by atoms with Crippen molar-refractivity contribution in [3.8, 4) is 0 Å². The van der Waals surface area contributed by atoms with Crippen molar-refractivity contribution in [3.63, 3.8) is 0 Å². The van der Waals surface area contributed by atoms with Gasteiger partial charge in [-0.15, -0.1) is 0 Å². The standard InChI is InChI=1S/C18H25F3N4O/c19-18(20,21)16-10-17(23-12-22-16)25(13-3-4-13)14-5-7-24(8-6-14)11-15-2-1-9-26-15/h10,12-15H,1-9,11H2. The highest BCUT2D eigenvalue weighted by molar-refractivity contribution is 5.44. The summed E-state index contributed by atoms with van der Waals surface area (Å²) < 4.78 is 44.7. The zero-order valence-corrected chi connectivity index (χ0v) is 14.8. The Kier molecular flexibility index (Phi) is 5.05. The molecule has 5 nitrogen and oxygen atoms in total. The second-order valence-corrected chi connectivity index (χ2v) is 7.56. The van der Waals surface area contributed by atoms with E-state index in [4.69, 9.17) is 4.74 Å². The van der Waals surface area contributed by atoms with E-state index in [-0.39, 0.29) is 6.04 Å². The van der Waals surface area contributed by atoms with E-state index in [1.54, 1.807) is 0 Å². The molecule has 1 aromatic heterocycles. The molecule has 0 spiro atoms. The van der Waals surface area contributed by atoms with E-state index in [9.17, 15) is 13.2 Å². The molecule has 0 N–H and O–H groups in total. The fraction of sp³-hybridized carbons (Fsp3) is 0.778. The summed E-state index contributed by atoms with van der Waals surface area (Å²) in [5.74, 6) is 0.424. The summed E-state index contributed by atoms with van der Waals surface area (Å²) in [5.41, 5.74) is -0.857. The van der Waals surface area contributed by atoms with Crippen LogP contribution in [0, 0.1) is 0 Å². The van der Waals surface area contributed by atoms with Gasteiger partial charge in [-0.1, -0.05) is 0 Å². The van der Waals surface area contributed by atoms with Crippen molar-refractivity contribution in [1.82, 2.24) is 14.9 Å². The monoisotopic (exact) mass is 370 g/mol. The van der Waals surface area contributed by atoms with Crippen LogP contribution in [0.4, 0.5) is 19.0 Å². The highest BCUT2D eigenvalue weighted by atomic mass is 19.4. The Labute approximate surface area is 151 Å². The summed E-state index contributed by atoms with van der Waals surface area (Å²) in [6.45, 7) is 3.77. The van der Waals surface area contributed by atoms with Crippen molar-refractivity contribution >= 4 is 5.82 Å². The number of nitrogens with zero attached hydrogens (tertiary/aromatic N) is 4. The summed E-state index contributed by atoms with van der Waals surface area (Å²) in [7, 11) is 0. The molecule has 3 aliphatic rings. The first-order valence-electron chi connectivity index (χ1n) is 9.52. The number of halogens is 3. The summed E-state index contributed by atoms with van der Waals surface area (Å²) >= 11 is 0. The Balaban J connectivity index is 1.42.